The number of benzene rings is 4. The molecule has 0 aromatic heterocycles. The molecule has 3 heteroatoms. The van der Waals surface area contributed by atoms with Crippen molar-refractivity contribution in [3.8, 4) is 0 Å². The highest BCUT2D eigenvalue weighted by molar-refractivity contribution is 7.55. The zero-order valence-electron chi connectivity index (χ0n) is 21.2. The van der Waals surface area contributed by atoms with Crippen LogP contribution in [0.25, 0.3) is 0 Å². The molecule has 0 heterocycles. The number of ketones is 2. The Morgan fingerprint density at radius 1 is 0.486 bits per heavy atom. The molecule has 0 saturated carbocycles. The summed E-state index contributed by atoms with van der Waals surface area (Å²) in [5.41, 5.74) is 9.42. The van der Waals surface area contributed by atoms with Crippen LogP contribution < -0.4 is 10.6 Å². The Labute approximate surface area is 210 Å². The molecule has 4 aromatic rings. The van der Waals surface area contributed by atoms with E-state index < -0.39 is 0 Å². The highest BCUT2D eigenvalue weighted by atomic mass is 31.1. The second-order valence-corrected chi connectivity index (χ2v) is 10.9. The molecule has 0 saturated heterocycles. The largest absolute Gasteiger partial charge is 0.289 e. The number of aryl methyl sites for hydroxylation is 6. The molecule has 176 valence electrons. The quantitative estimate of drug-likeness (QED) is 0.230. The maximum absolute atomic E-state index is 13.1. The second kappa shape index (κ2) is 10.1. The van der Waals surface area contributed by atoms with Gasteiger partial charge in [-0.2, -0.15) is 0 Å². The van der Waals surface area contributed by atoms with Crippen molar-refractivity contribution in [3.05, 3.63) is 128 Å². The Morgan fingerprint density at radius 3 is 1.06 bits per heavy atom. The molecular formula is C32H31O2P. The van der Waals surface area contributed by atoms with Crippen LogP contribution in [0.4, 0.5) is 0 Å². The van der Waals surface area contributed by atoms with Crippen LogP contribution in [-0.4, -0.2) is 11.6 Å². The Morgan fingerprint density at radius 2 is 0.771 bits per heavy atom. The number of rotatable bonds is 6. The minimum absolute atomic E-state index is 0.0689. The van der Waals surface area contributed by atoms with Crippen LogP contribution >= 0.6 is 8.58 Å². The van der Waals surface area contributed by atoms with Gasteiger partial charge in [0.05, 0.1) is 0 Å². The van der Waals surface area contributed by atoms with Gasteiger partial charge in [0.2, 0.25) is 0 Å². The molecule has 0 aliphatic carbocycles. The van der Waals surface area contributed by atoms with E-state index in [0.29, 0.717) is 19.7 Å². The van der Waals surface area contributed by atoms with Gasteiger partial charge in [0.25, 0.3) is 0 Å². The van der Waals surface area contributed by atoms with Crippen LogP contribution in [0.15, 0.2) is 72.8 Å². The Balaban J connectivity index is 1.49. The van der Waals surface area contributed by atoms with Gasteiger partial charge >= 0.3 is 0 Å². The lowest BCUT2D eigenvalue weighted by Crippen LogP contribution is -2.10. The van der Waals surface area contributed by atoms with Crippen molar-refractivity contribution in [2.24, 2.45) is 0 Å². The SMILES string of the molecule is Cc1cc(C)c(C(=O)c2ccc(Pc3ccc(C(=O)c4c(C)cc(C)cc4C)cc3)cc2)c(C)c1. The van der Waals surface area contributed by atoms with Gasteiger partial charge < -0.3 is 0 Å². The molecular weight excluding hydrogens is 447 g/mol. The van der Waals surface area contributed by atoms with Crippen molar-refractivity contribution in [1.29, 1.82) is 0 Å². The molecule has 0 amide bonds. The zero-order valence-corrected chi connectivity index (χ0v) is 22.2. The Bertz CT molecular complexity index is 1270. The molecule has 0 unspecified atom stereocenters. The summed E-state index contributed by atoms with van der Waals surface area (Å²) in [6, 6.07) is 24.1. The van der Waals surface area contributed by atoms with E-state index in [0.717, 1.165) is 44.0 Å². The minimum Gasteiger partial charge on any atom is -0.289 e. The average Bonchev–Trinajstić information content (AvgIpc) is 2.78. The van der Waals surface area contributed by atoms with Crippen LogP contribution in [0.3, 0.4) is 0 Å². The monoisotopic (exact) mass is 478 g/mol. The number of hydrogen-bond acceptors (Lipinski definition) is 2. The zero-order chi connectivity index (χ0) is 25.3. The summed E-state index contributed by atoms with van der Waals surface area (Å²) in [6.07, 6.45) is 0. The van der Waals surface area contributed by atoms with Gasteiger partial charge in [-0.3, -0.25) is 9.59 Å². The van der Waals surface area contributed by atoms with Crippen LogP contribution in [0.1, 0.15) is 65.2 Å². The predicted octanol–water partition coefficient (Wildman–Crippen LogP) is 6.63. The van der Waals surface area contributed by atoms with Gasteiger partial charge in [-0.15, -0.1) is 0 Å². The summed E-state index contributed by atoms with van der Waals surface area (Å²) < 4.78 is 0. The fraction of sp³-hybridized carbons (Fsp3) is 0.188. The third kappa shape index (κ3) is 5.34. The van der Waals surface area contributed by atoms with E-state index >= 15 is 0 Å². The smallest absolute Gasteiger partial charge is 0.193 e. The van der Waals surface area contributed by atoms with Gasteiger partial charge in [-0.25, -0.2) is 0 Å². The fourth-order valence-electron chi connectivity index (χ4n) is 4.94. The fourth-order valence-corrected chi connectivity index (χ4v) is 5.94. The first-order valence-corrected chi connectivity index (χ1v) is 12.9. The summed E-state index contributed by atoms with van der Waals surface area (Å²) >= 11 is 0. The summed E-state index contributed by atoms with van der Waals surface area (Å²) in [5, 5.41) is 2.31. The molecule has 0 spiro atoms. The number of hydrogen-bond donors (Lipinski definition) is 0. The maximum Gasteiger partial charge on any atom is 0.193 e. The molecule has 0 aliphatic heterocycles. The van der Waals surface area contributed by atoms with Crippen LogP contribution in [-0.2, 0) is 0 Å². The van der Waals surface area contributed by atoms with E-state index in [-0.39, 0.29) is 11.6 Å². The normalized spacial score (nSPS) is 10.9. The van der Waals surface area contributed by atoms with Crippen molar-refractivity contribution in [2.45, 2.75) is 41.5 Å². The summed E-state index contributed by atoms with van der Waals surface area (Å²) in [4.78, 5) is 26.2. The summed E-state index contributed by atoms with van der Waals surface area (Å²) in [5.74, 6) is 0.138. The first-order valence-electron chi connectivity index (χ1n) is 11.9. The molecule has 0 atom stereocenters. The van der Waals surface area contributed by atoms with Gasteiger partial charge in [0, 0.05) is 22.3 Å². The van der Waals surface area contributed by atoms with Crippen LogP contribution in [0.5, 0.6) is 0 Å². The molecule has 0 fully saturated rings. The summed E-state index contributed by atoms with van der Waals surface area (Å²) in [6.45, 7) is 12.1. The van der Waals surface area contributed by atoms with Crippen LogP contribution in [0.2, 0.25) is 0 Å². The number of carbonyl (C=O) groups excluding carboxylic acids is 2. The third-order valence-corrected chi connectivity index (χ3v) is 7.64. The van der Waals surface area contributed by atoms with E-state index in [4.69, 9.17) is 0 Å². The van der Waals surface area contributed by atoms with E-state index in [9.17, 15) is 9.59 Å². The second-order valence-electron chi connectivity index (χ2n) is 9.49. The molecule has 0 aliphatic rings. The average molecular weight is 479 g/mol. The lowest BCUT2D eigenvalue weighted by Gasteiger charge is -2.12. The molecule has 0 N–H and O–H groups in total. The van der Waals surface area contributed by atoms with Gasteiger partial charge in [0.15, 0.2) is 11.6 Å². The third-order valence-electron chi connectivity index (χ3n) is 6.39. The Kier molecular flexibility index (Phi) is 7.15. The first-order chi connectivity index (χ1) is 16.6. The van der Waals surface area contributed by atoms with E-state index in [1.807, 2.05) is 76.2 Å². The topological polar surface area (TPSA) is 34.1 Å². The van der Waals surface area contributed by atoms with E-state index in [1.54, 1.807) is 0 Å². The van der Waals surface area contributed by atoms with Gasteiger partial charge in [0.1, 0.15) is 0 Å². The van der Waals surface area contributed by atoms with Crippen LogP contribution in [0, 0.1) is 41.5 Å². The standard InChI is InChI=1S/C32H31O2P/c1-19-15-21(3)29(22(4)16-19)31(33)25-7-11-27(12-8-25)35-28-13-9-26(10-14-28)32(34)30-23(5)17-20(2)18-24(30)6/h7-18,35H,1-6H3. The molecule has 4 rings (SSSR count). The van der Waals surface area contributed by atoms with Crippen molar-refractivity contribution in [3.63, 3.8) is 0 Å². The predicted molar refractivity (Wildman–Crippen MR) is 149 cm³/mol. The van der Waals surface area contributed by atoms with Crippen molar-refractivity contribution in [2.75, 3.05) is 0 Å². The maximum atomic E-state index is 13.1. The highest BCUT2D eigenvalue weighted by Crippen LogP contribution is 2.22. The molecule has 0 bridgehead atoms. The Hall–Kier alpha value is -3.35. The van der Waals surface area contributed by atoms with E-state index in [1.165, 1.54) is 11.1 Å². The molecule has 4 aromatic carbocycles. The lowest BCUT2D eigenvalue weighted by molar-refractivity contribution is 0.102. The number of carbonyl (C=O) groups is 2. The molecule has 35 heavy (non-hydrogen) atoms. The van der Waals surface area contributed by atoms with Gasteiger partial charge in [-0.05, 0) is 74.4 Å². The van der Waals surface area contributed by atoms with Gasteiger partial charge in [-0.1, -0.05) is 92.5 Å². The first kappa shape index (κ1) is 24.8. The molecule has 2 nitrogen and oxygen atoms in total. The van der Waals surface area contributed by atoms with E-state index in [2.05, 4.69) is 38.1 Å². The highest BCUT2D eigenvalue weighted by Gasteiger charge is 2.16. The molecule has 0 radical (unpaired) electrons. The summed E-state index contributed by atoms with van der Waals surface area (Å²) in [7, 11) is 0.454. The minimum atomic E-state index is 0.0689. The lowest BCUT2D eigenvalue weighted by atomic mass is 9.93. The van der Waals surface area contributed by atoms with Crippen molar-refractivity contribution >= 4 is 30.8 Å². The van der Waals surface area contributed by atoms with Crippen molar-refractivity contribution in [1.82, 2.24) is 0 Å². The van der Waals surface area contributed by atoms with Crippen molar-refractivity contribution < 1.29 is 9.59 Å².